The molecule has 330 valence electrons. The zero-order valence-electron chi connectivity index (χ0n) is 36.6. The first kappa shape index (κ1) is 54.7. The fourth-order valence-electron chi connectivity index (χ4n) is 5.68. The van der Waals surface area contributed by atoms with Gasteiger partial charge in [-0.25, -0.2) is 0 Å². The maximum Gasteiger partial charge on any atom is 0.306 e. The van der Waals surface area contributed by atoms with Crippen LogP contribution in [0.25, 0.3) is 0 Å². The van der Waals surface area contributed by atoms with Crippen LogP contribution in [-0.4, -0.2) is 81.2 Å². The normalized spacial score (nSPS) is 14.7. The first-order valence-corrected chi connectivity index (χ1v) is 23.6. The number of carbonyl (C=O) groups excluding carboxylic acids is 2. The number of aliphatic hydroxyl groups is 1. The number of esters is 2. The molecule has 0 radical (unpaired) electrons. The third-order valence-electron chi connectivity index (χ3n) is 9.16. The zero-order chi connectivity index (χ0) is 42.3. The molecule has 0 saturated heterocycles. The van der Waals surface area contributed by atoms with Crippen molar-refractivity contribution in [3.8, 4) is 0 Å². The SMILES string of the molecule is CC/C=C\C/C=C\C/C=C\C/C=C\C=C\C(O)CCCC(=O)OC[C@H](COP(=O)([O-])OCC[N+](C)(C)C)OC(=O)CCCCCCCCCCCCCCCCC. The summed E-state index contributed by atoms with van der Waals surface area (Å²) in [6.45, 7) is 3.88. The summed E-state index contributed by atoms with van der Waals surface area (Å²) in [6.07, 6.45) is 41.4. The predicted molar refractivity (Wildman–Crippen MR) is 232 cm³/mol. The molecule has 0 aliphatic rings. The number of phosphoric ester groups is 1. The molecule has 0 aromatic carbocycles. The van der Waals surface area contributed by atoms with E-state index in [4.69, 9.17) is 18.5 Å². The van der Waals surface area contributed by atoms with Gasteiger partial charge in [0.15, 0.2) is 6.10 Å². The molecule has 0 fully saturated rings. The highest BCUT2D eigenvalue weighted by molar-refractivity contribution is 7.45. The van der Waals surface area contributed by atoms with Crippen LogP contribution in [0.5, 0.6) is 0 Å². The molecule has 11 heteroatoms. The molecule has 1 N–H and O–H groups in total. The van der Waals surface area contributed by atoms with Crippen molar-refractivity contribution in [2.45, 2.75) is 174 Å². The Morgan fingerprint density at radius 2 is 1.16 bits per heavy atom. The number of phosphoric acid groups is 1. The van der Waals surface area contributed by atoms with Crippen LogP contribution in [0.15, 0.2) is 60.8 Å². The van der Waals surface area contributed by atoms with Crippen molar-refractivity contribution >= 4 is 19.8 Å². The number of likely N-dealkylation sites (N-methyl/N-ethyl adjacent to an activating group) is 1. The van der Waals surface area contributed by atoms with Gasteiger partial charge in [0.1, 0.15) is 19.8 Å². The zero-order valence-corrected chi connectivity index (χ0v) is 37.5. The molecular weight excluding hydrogens is 741 g/mol. The van der Waals surface area contributed by atoms with Crippen LogP contribution in [0.4, 0.5) is 0 Å². The number of unbranched alkanes of at least 4 members (excludes halogenated alkanes) is 14. The molecule has 10 nitrogen and oxygen atoms in total. The number of hydrogen-bond donors (Lipinski definition) is 1. The number of hydrogen-bond acceptors (Lipinski definition) is 9. The van der Waals surface area contributed by atoms with E-state index in [1.54, 1.807) is 12.2 Å². The number of nitrogens with zero attached hydrogens (tertiary/aromatic N) is 1. The summed E-state index contributed by atoms with van der Waals surface area (Å²) in [5, 5.41) is 10.3. The number of ether oxygens (including phenoxy) is 2. The Bertz CT molecular complexity index is 1170. The lowest BCUT2D eigenvalue weighted by Gasteiger charge is -2.28. The van der Waals surface area contributed by atoms with Gasteiger partial charge in [-0.1, -0.05) is 164 Å². The van der Waals surface area contributed by atoms with E-state index in [0.717, 1.165) is 44.9 Å². The van der Waals surface area contributed by atoms with E-state index in [1.807, 2.05) is 33.3 Å². The number of aliphatic hydroxyl groups excluding tert-OH is 1. The topological polar surface area (TPSA) is 131 Å². The molecule has 0 saturated carbocycles. The average Bonchev–Trinajstić information content (AvgIpc) is 3.15. The first-order chi connectivity index (χ1) is 27.4. The summed E-state index contributed by atoms with van der Waals surface area (Å²) < 4.78 is 33.7. The molecule has 2 unspecified atom stereocenters. The minimum absolute atomic E-state index is 0.0454. The van der Waals surface area contributed by atoms with Crippen LogP contribution < -0.4 is 4.89 Å². The summed E-state index contributed by atoms with van der Waals surface area (Å²) in [7, 11) is 1.06. The first-order valence-electron chi connectivity index (χ1n) is 22.1. The molecule has 0 heterocycles. The third-order valence-corrected chi connectivity index (χ3v) is 10.1. The van der Waals surface area contributed by atoms with Gasteiger partial charge in [-0.15, -0.1) is 0 Å². The molecule has 57 heavy (non-hydrogen) atoms. The van der Waals surface area contributed by atoms with E-state index in [-0.39, 0.29) is 26.1 Å². The summed E-state index contributed by atoms with van der Waals surface area (Å²) >= 11 is 0. The Balaban J connectivity index is 4.55. The average molecular weight is 824 g/mol. The van der Waals surface area contributed by atoms with Crippen LogP contribution in [-0.2, 0) is 32.7 Å². The molecule has 0 amide bonds. The number of rotatable bonds is 39. The molecule has 0 aliphatic heterocycles. The van der Waals surface area contributed by atoms with E-state index in [0.29, 0.717) is 30.3 Å². The van der Waals surface area contributed by atoms with E-state index in [9.17, 15) is 24.2 Å². The number of allylic oxidation sites excluding steroid dienone is 9. The number of quaternary nitrogens is 1. The summed E-state index contributed by atoms with van der Waals surface area (Å²) in [5.41, 5.74) is 0. The smallest absolute Gasteiger partial charge is 0.306 e. The van der Waals surface area contributed by atoms with Gasteiger partial charge in [-0.2, -0.15) is 0 Å². The van der Waals surface area contributed by atoms with Crippen molar-refractivity contribution in [1.82, 2.24) is 0 Å². The molecule has 0 aromatic rings. The fourth-order valence-corrected chi connectivity index (χ4v) is 6.41. The molecule has 0 aromatic heterocycles. The van der Waals surface area contributed by atoms with Crippen LogP contribution in [0.2, 0.25) is 0 Å². The van der Waals surface area contributed by atoms with E-state index < -0.39 is 38.6 Å². The lowest BCUT2D eigenvalue weighted by Crippen LogP contribution is -2.37. The van der Waals surface area contributed by atoms with Gasteiger partial charge in [0, 0.05) is 12.8 Å². The van der Waals surface area contributed by atoms with Crippen molar-refractivity contribution in [1.29, 1.82) is 0 Å². The monoisotopic (exact) mass is 824 g/mol. The Labute approximate surface area is 348 Å². The van der Waals surface area contributed by atoms with E-state index in [1.165, 1.54) is 70.6 Å². The van der Waals surface area contributed by atoms with Crippen LogP contribution in [0, 0.1) is 0 Å². The second-order valence-electron chi connectivity index (χ2n) is 15.9. The van der Waals surface area contributed by atoms with Crippen LogP contribution >= 0.6 is 7.82 Å². The van der Waals surface area contributed by atoms with Gasteiger partial charge < -0.3 is 33.0 Å². The Kier molecular flexibility index (Phi) is 36.4. The van der Waals surface area contributed by atoms with Crippen molar-refractivity contribution in [3.63, 3.8) is 0 Å². The Morgan fingerprint density at radius 3 is 1.70 bits per heavy atom. The lowest BCUT2D eigenvalue weighted by atomic mass is 10.0. The van der Waals surface area contributed by atoms with Crippen molar-refractivity contribution in [3.05, 3.63) is 60.8 Å². The van der Waals surface area contributed by atoms with Gasteiger partial charge in [0.05, 0.1) is 33.9 Å². The second-order valence-corrected chi connectivity index (χ2v) is 17.3. The third kappa shape index (κ3) is 41.6. The summed E-state index contributed by atoms with van der Waals surface area (Å²) in [6, 6.07) is 0. The molecule has 0 aliphatic carbocycles. The Morgan fingerprint density at radius 1 is 0.649 bits per heavy atom. The second kappa shape index (κ2) is 37.9. The molecular formula is C46H82NO9P. The van der Waals surface area contributed by atoms with Gasteiger partial charge in [-0.3, -0.25) is 14.2 Å². The number of carbonyl (C=O) groups is 2. The van der Waals surface area contributed by atoms with Gasteiger partial charge in [0.2, 0.25) is 0 Å². The largest absolute Gasteiger partial charge is 0.756 e. The highest BCUT2D eigenvalue weighted by Gasteiger charge is 2.22. The van der Waals surface area contributed by atoms with Gasteiger partial charge in [-0.05, 0) is 44.9 Å². The fraction of sp³-hybridized carbons (Fsp3) is 0.739. The predicted octanol–water partition coefficient (Wildman–Crippen LogP) is 10.8. The minimum atomic E-state index is -4.67. The summed E-state index contributed by atoms with van der Waals surface area (Å²) in [4.78, 5) is 37.5. The standard InChI is InChI=1S/C46H82NO9P/c1-6-8-10-12-14-16-18-20-21-23-25-27-29-31-33-37-46(50)56-44(42-55-57(51,52)54-40-39-47(3,4)5)41-53-45(49)38-34-36-43(48)35-32-30-28-26-24-22-19-17-15-13-11-9-7-2/h9,11,15,17,22,24,28,30,32,35,43-44,48H,6-8,10,12-14,16,18-21,23,25-27,29,31,33-34,36-42H2,1-5H3/b11-9-,17-15-,24-22-,30-28-,35-32+/t43?,44-/m1/s1. The van der Waals surface area contributed by atoms with Gasteiger partial charge in [0.25, 0.3) is 7.82 Å². The van der Waals surface area contributed by atoms with Crippen LogP contribution in [0.3, 0.4) is 0 Å². The quantitative estimate of drug-likeness (QED) is 0.0161. The van der Waals surface area contributed by atoms with Gasteiger partial charge >= 0.3 is 11.9 Å². The Hall–Kier alpha value is -2.33. The molecule has 0 rings (SSSR count). The molecule has 0 bridgehead atoms. The lowest BCUT2D eigenvalue weighted by molar-refractivity contribution is -0.870. The maximum atomic E-state index is 12.7. The molecule has 0 spiro atoms. The van der Waals surface area contributed by atoms with E-state index in [2.05, 4.69) is 50.3 Å². The van der Waals surface area contributed by atoms with Crippen molar-refractivity contribution in [2.75, 3.05) is 47.5 Å². The van der Waals surface area contributed by atoms with Crippen molar-refractivity contribution < 1.29 is 47.2 Å². The molecule has 3 atom stereocenters. The maximum absolute atomic E-state index is 12.7. The van der Waals surface area contributed by atoms with Crippen LogP contribution in [0.1, 0.15) is 162 Å². The van der Waals surface area contributed by atoms with Crippen molar-refractivity contribution in [2.24, 2.45) is 0 Å². The highest BCUT2D eigenvalue weighted by Crippen LogP contribution is 2.38. The van der Waals surface area contributed by atoms with E-state index >= 15 is 0 Å². The highest BCUT2D eigenvalue weighted by atomic mass is 31.2. The summed E-state index contributed by atoms with van der Waals surface area (Å²) in [5.74, 6) is -1.04. The minimum Gasteiger partial charge on any atom is -0.756 e.